The highest BCUT2D eigenvalue weighted by molar-refractivity contribution is 6.45. The maximum atomic E-state index is 11.7. The highest BCUT2D eigenvalue weighted by Gasteiger charge is 2.38. The second-order valence-corrected chi connectivity index (χ2v) is 6.70. The van der Waals surface area contributed by atoms with Gasteiger partial charge in [-0.1, -0.05) is 24.3 Å². The van der Waals surface area contributed by atoms with E-state index in [2.05, 4.69) is 4.74 Å². The number of rotatable bonds is 6. The third-order valence-corrected chi connectivity index (χ3v) is 4.83. The van der Waals surface area contributed by atoms with Crippen molar-refractivity contribution in [2.45, 2.75) is 18.8 Å². The third kappa shape index (κ3) is 4.57. The second kappa shape index (κ2) is 8.79. The van der Waals surface area contributed by atoms with E-state index in [1.807, 2.05) is 0 Å². The van der Waals surface area contributed by atoms with Crippen molar-refractivity contribution in [2.75, 3.05) is 13.7 Å². The van der Waals surface area contributed by atoms with Crippen LogP contribution in [0.2, 0.25) is 6.82 Å². The Hall–Kier alpha value is -3.33. The van der Waals surface area contributed by atoms with E-state index in [1.54, 1.807) is 67.6 Å². The minimum Gasteiger partial charge on any atom is -0.465 e. The Morgan fingerprint density at radius 1 is 1.24 bits per heavy atom. The molecule has 2 aromatic carbocycles. The molecule has 3 rings (SSSR count). The first-order valence-corrected chi connectivity index (χ1v) is 9.11. The topological polar surface area (TPSA) is 102 Å². The first kappa shape index (κ1) is 20.4. The van der Waals surface area contributed by atoms with Crippen LogP contribution in [0.3, 0.4) is 0 Å². The lowest BCUT2D eigenvalue weighted by Crippen LogP contribution is -2.46. The first-order valence-electron chi connectivity index (χ1n) is 9.11. The minimum absolute atomic E-state index is 0.0913. The van der Waals surface area contributed by atoms with Gasteiger partial charge in [0, 0.05) is 10.5 Å². The Balaban J connectivity index is 1.89. The fourth-order valence-electron chi connectivity index (χ4n) is 3.26. The summed E-state index contributed by atoms with van der Waals surface area (Å²) in [7, 11) is 0.500. The number of methoxy groups -OCH3 is 1. The van der Waals surface area contributed by atoms with Gasteiger partial charge in [-0.15, -0.1) is 0 Å². The highest BCUT2D eigenvalue weighted by Crippen LogP contribution is 2.36. The molecule has 0 saturated heterocycles. The fourth-order valence-corrected chi connectivity index (χ4v) is 3.26. The van der Waals surface area contributed by atoms with Crippen LogP contribution in [-0.2, 0) is 4.74 Å². The van der Waals surface area contributed by atoms with Crippen LogP contribution in [-0.4, -0.2) is 47.5 Å². The third-order valence-electron chi connectivity index (χ3n) is 4.83. The average molecular weight is 396 g/mol. The Morgan fingerprint density at radius 2 is 1.93 bits per heavy atom. The number of para-hydroxylation sites is 1. The van der Waals surface area contributed by atoms with Gasteiger partial charge in [0.2, 0.25) is 6.04 Å². The quantitative estimate of drug-likeness (QED) is 0.347. The van der Waals surface area contributed by atoms with Gasteiger partial charge in [-0.25, -0.2) is 4.79 Å². The molecule has 1 N–H and O–H groups in total. The summed E-state index contributed by atoms with van der Waals surface area (Å²) in [6, 6.07) is 12.7. The number of hydrogen-bond donors (Lipinski definition) is 1. The molecule has 0 spiro atoms. The van der Waals surface area contributed by atoms with Crippen molar-refractivity contribution in [1.29, 1.82) is 0 Å². The molecule has 0 fully saturated rings. The van der Waals surface area contributed by atoms with Crippen molar-refractivity contribution < 1.29 is 24.2 Å². The van der Waals surface area contributed by atoms with Gasteiger partial charge in [0.1, 0.15) is 11.5 Å². The molecule has 150 valence electrons. The molecule has 0 aliphatic carbocycles. The summed E-state index contributed by atoms with van der Waals surface area (Å²) >= 11 is 0. The molecule has 0 aromatic heterocycles. The van der Waals surface area contributed by atoms with Crippen molar-refractivity contribution in [3.05, 3.63) is 82.0 Å². The molecule has 1 aliphatic rings. The van der Waals surface area contributed by atoms with Crippen LogP contribution in [0.4, 0.5) is 0 Å². The van der Waals surface area contributed by atoms with E-state index in [0.29, 0.717) is 22.6 Å². The summed E-state index contributed by atoms with van der Waals surface area (Å²) in [6.07, 6.45) is 3.39. The predicted molar refractivity (Wildman–Crippen MR) is 108 cm³/mol. The van der Waals surface area contributed by atoms with E-state index in [1.165, 1.54) is 11.9 Å². The smallest absolute Gasteiger partial charge is 0.409 e. The number of carbonyl (C=O) groups excluding carboxylic acids is 1. The van der Waals surface area contributed by atoms with Gasteiger partial charge in [-0.2, -0.15) is 0 Å². The summed E-state index contributed by atoms with van der Waals surface area (Å²) in [5.74, 6) is 0.0322. The van der Waals surface area contributed by atoms with Gasteiger partial charge in [-0.3, -0.25) is 10.1 Å². The van der Waals surface area contributed by atoms with Crippen LogP contribution in [0.15, 0.2) is 60.8 Å². The van der Waals surface area contributed by atoms with Gasteiger partial charge in [0.25, 0.3) is 0 Å². The van der Waals surface area contributed by atoms with E-state index in [9.17, 15) is 19.9 Å². The molecular formula is C20H21BN2O6. The van der Waals surface area contributed by atoms with Crippen molar-refractivity contribution in [2.24, 2.45) is 0 Å². The molecule has 0 bridgehead atoms. The Bertz CT molecular complexity index is 915. The zero-order chi connectivity index (χ0) is 21.0. The lowest BCUT2D eigenvalue weighted by Gasteiger charge is -2.31. The Labute approximate surface area is 168 Å². The summed E-state index contributed by atoms with van der Waals surface area (Å²) in [6.45, 7) is 1.66. The number of ether oxygens (including phenoxy) is 2. The second-order valence-electron chi connectivity index (χ2n) is 6.70. The molecule has 29 heavy (non-hydrogen) atoms. The molecule has 1 aliphatic heterocycles. The molecule has 0 unspecified atom stereocenters. The van der Waals surface area contributed by atoms with E-state index < -0.39 is 25.0 Å². The van der Waals surface area contributed by atoms with Crippen molar-refractivity contribution in [3.63, 3.8) is 0 Å². The van der Waals surface area contributed by atoms with E-state index in [4.69, 9.17) is 4.74 Å². The largest absolute Gasteiger partial charge is 0.465 e. The van der Waals surface area contributed by atoms with Crippen molar-refractivity contribution in [1.82, 2.24) is 4.81 Å². The van der Waals surface area contributed by atoms with Crippen LogP contribution in [0.1, 0.15) is 21.8 Å². The van der Waals surface area contributed by atoms with Crippen LogP contribution < -0.4 is 4.74 Å². The lowest BCUT2D eigenvalue weighted by molar-refractivity contribution is -0.525. The molecule has 0 saturated carbocycles. The predicted octanol–water partition coefficient (Wildman–Crippen LogP) is 2.93. The van der Waals surface area contributed by atoms with Crippen LogP contribution >= 0.6 is 0 Å². The molecule has 0 amide bonds. The maximum absolute atomic E-state index is 11.7. The van der Waals surface area contributed by atoms with E-state index in [0.717, 1.165) is 0 Å². The number of benzene rings is 2. The number of hydrogen-bond acceptors (Lipinski definition) is 7. The fraction of sp³-hybridized carbons (Fsp3) is 0.250. The van der Waals surface area contributed by atoms with Gasteiger partial charge < -0.3 is 19.3 Å². The first-order chi connectivity index (χ1) is 13.9. The molecule has 0 radical (unpaired) electrons. The van der Waals surface area contributed by atoms with Crippen molar-refractivity contribution >= 4 is 13.0 Å². The lowest BCUT2D eigenvalue weighted by atomic mass is 9.80. The number of nitro groups is 1. The SMILES string of the molecule is COC(=O)c1ccc(Oc2ccccc2[C@H]2C=CN(B(C)O)C[C@@H]2[N+](=O)[O-])cc1. The van der Waals surface area contributed by atoms with Crippen LogP contribution in [0, 0.1) is 10.1 Å². The van der Waals surface area contributed by atoms with Crippen LogP contribution in [0.5, 0.6) is 11.5 Å². The standard InChI is InChI=1S/C20H21BN2O6/c1-21(25)22-12-11-16(18(13-22)23(26)27)17-5-3-4-6-19(17)29-15-9-7-14(8-10-15)20(24)28-2/h3-12,16,18,25H,13H2,1-2H3/t16-,18+/m1/s1. The Kier molecular flexibility index (Phi) is 6.18. The number of esters is 1. The molecular weight excluding hydrogens is 375 g/mol. The van der Waals surface area contributed by atoms with E-state index >= 15 is 0 Å². The minimum atomic E-state index is -0.930. The number of carbonyl (C=O) groups is 1. The summed E-state index contributed by atoms with van der Waals surface area (Å²) in [5, 5.41) is 21.4. The normalized spacial score (nSPS) is 18.2. The summed E-state index contributed by atoms with van der Waals surface area (Å²) < 4.78 is 10.6. The van der Waals surface area contributed by atoms with E-state index in [-0.39, 0.29) is 11.5 Å². The highest BCUT2D eigenvalue weighted by atomic mass is 16.6. The zero-order valence-electron chi connectivity index (χ0n) is 16.1. The molecule has 8 nitrogen and oxygen atoms in total. The summed E-state index contributed by atoms with van der Waals surface area (Å²) in [5.41, 5.74) is 1.07. The monoisotopic (exact) mass is 396 g/mol. The molecule has 9 heteroatoms. The molecule has 1 heterocycles. The number of nitrogens with zero attached hydrogens (tertiary/aromatic N) is 2. The zero-order valence-corrected chi connectivity index (χ0v) is 16.1. The van der Waals surface area contributed by atoms with Crippen molar-refractivity contribution in [3.8, 4) is 11.5 Å². The molecule has 2 aromatic rings. The Morgan fingerprint density at radius 3 is 2.55 bits per heavy atom. The van der Waals surface area contributed by atoms with Gasteiger partial charge >= 0.3 is 13.0 Å². The summed E-state index contributed by atoms with van der Waals surface area (Å²) in [4.78, 5) is 24.4. The van der Waals surface area contributed by atoms with Gasteiger partial charge in [-0.05, 0) is 43.4 Å². The van der Waals surface area contributed by atoms with Crippen LogP contribution in [0.25, 0.3) is 0 Å². The average Bonchev–Trinajstić information content (AvgIpc) is 2.73. The molecule has 2 atom stereocenters. The van der Waals surface area contributed by atoms with Gasteiger partial charge in [0.05, 0.1) is 25.1 Å². The van der Waals surface area contributed by atoms with Gasteiger partial charge in [0.15, 0.2) is 0 Å². The maximum Gasteiger partial charge on any atom is 0.409 e.